The molecule has 5 heteroatoms. The molecule has 0 bridgehead atoms. The van der Waals surface area contributed by atoms with Gasteiger partial charge in [-0.3, -0.25) is 4.79 Å². The van der Waals surface area contributed by atoms with Crippen molar-refractivity contribution in [3.63, 3.8) is 0 Å². The highest BCUT2D eigenvalue weighted by Crippen LogP contribution is 2.34. The smallest absolute Gasteiger partial charge is 0.328 e. The molecule has 5 nitrogen and oxygen atoms in total. The number of aromatic hydroxyl groups is 1. The Morgan fingerprint density at radius 2 is 2.07 bits per heavy atom. The topological polar surface area (TPSA) is 96.7 Å². The Labute approximate surface area is 84.7 Å². The molecule has 0 spiro atoms. The Morgan fingerprint density at radius 1 is 1.40 bits per heavy atom. The van der Waals surface area contributed by atoms with E-state index in [9.17, 15) is 9.90 Å². The van der Waals surface area contributed by atoms with Gasteiger partial charge in [-0.25, -0.2) is 0 Å². The average molecular weight is 207 g/mol. The summed E-state index contributed by atoms with van der Waals surface area (Å²) in [6.45, 7) is 0. The van der Waals surface area contributed by atoms with Gasteiger partial charge >= 0.3 is 5.97 Å². The molecule has 0 saturated heterocycles. The molecule has 78 valence electrons. The molecule has 1 atom stereocenters. The maximum Gasteiger partial charge on any atom is 0.328 e. The molecule has 1 unspecified atom stereocenters. The largest absolute Gasteiger partial charge is 0.504 e. The summed E-state index contributed by atoms with van der Waals surface area (Å²) in [5, 5.41) is 18.8. The third-order valence-corrected chi connectivity index (χ3v) is 2.14. The fourth-order valence-corrected chi connectivity index (χ4v) is 1.37. The van der Waals surface area contributed by atoms with Gasteiger partial charge in [0.2, 0.25) is 0 Å². The first-order valence-electron chi connectivity index (χ1n) is 4.30. The van der Waals surface area contributed by atoms with Crippen LogP contribution in [0.25, 0.3) is 11.0 Å². The first-order chi connectivity index (χ1) is 7.11. The highest BCUT2D eigenvalue weighted by Gasteiger charge is 2.24. The van der Waals surface area contributed by atoms with Gasteiger partial charge in [-0.2, -0.15) is 0 Å². The number of hydrogen-bond donors (Lipinski definition) is 3. The number of carbonyl (C=O) groups is 1. The third-order valence-electron chi connectivity index (χ3n) is 2.14. The fraction of sp³-hybridized carbons (Fsp3) is 0.100. The lowest BCUT2D eigenvalue weighted by Gasteiger charge is -2.01. The van der Waals surface area contributed by atoms with E-state index in [2.05, 4.69) is 0 Å². The van der Waals surface area contributed by atoms with Crippen molar-refractivity contribution in [3.05, 3.63) is 30.0 Å². The number of carboxylic acids is 1. The van der Waals surface area contributed by atoms with Crippen LogP contribution in [0.5, 0.6) is 5.75 Å². The molecule has 15 heavy (non-hydrogen) atoms. The van der Waals surface area contributed by atoms with Crippen molar-refractivity contribution in [3.8, 4) is 5.75 Å². The molecule has 2 rings (SSSR count). The number of aliphatic carboxylic acids is 1. The number of furan rings is 1. The molecule has 0 aliphatic rings. The van der Waals surface area contributed by atoms with E-state index in [-0.39, 0.29) is 11.5 Å². The molecule has 4 N–H and O–H groups in total. The Hall–Kier alpha value is -2.01. The van der Waals surface area contributed by atoms with Crippen LogP contribution >= 0.6 is 0 Å². The second kappa shape index (κ2) is 3.29. The highest BCUT2D eigenvalue weighted by molar-refractivity contribution is 5.87. The normalized spacial score (nSPS) is 12.9. The Balaban J connectivity index is 2.63. The Morgan fingerprint density at radius 3 is 2.67 bits per heavy atom. The van der Waals surface area contributed by atoms with Gasteiger partial charge in [0.05, 0.1) is 5.39 Å². The third kappa shape index (κ3) is 1.42. The van der Waals surface area contributed by atoms with Crippen LogP contribution in [0.4, 0.5) is 0 Å². The molecule has 0 aliphatic carbocycles. The van der Waals surface area contributed by atoms with Crippen LogP contribution in [0, 0.1) is 0 Å². The van der Waals surface area contributed by atoms with Gasteiger partial charge in [0.1, 0.15) is 5.58 Å². The molecule has 1 heterocycles. The van der Waals surface area contributed by atoms with E-state index in [1.807, 2.05) is 0 Å². The molecule has 0 fully saturated rings. The summed E-state index contributed by atoms with van der Waals surface area (Å²) in [5.41, 5.74) is 5.77. The zero-order chi connectivity index (χ0) is 11.0. The van der Waals surface area contributed by atoms with E-state index in [0.29, 0.717) is 11.0 Å². The molecule has 1 aromatic carbocycles. The van der Waals surface area contributed by atoms with Crippen molar-refractivity contribution >= 4 is 16.9 Å². The maximum absolute atomic E-state index is 10.6. The maximum atomic E-state index is 10.6. The summed E-state index contributed by atoms with van der Waals surface area (Å²) in [6.07, 6.45) is 0. The SMILES string of the molecule is NC(C(=O)O)c1oc2ccccc2c1O. The second-order valence-corrected chi connectivity index (χ2v) is 3.13. The lowest BCUT2D eigenvalue weighted by atomic mass is 10.2. The van der Waals surface area contributed by atoms with Crippen molar-refractivity contribution < 1.29 is 19.4 Å². The molecular weight excluding hydrogens is 198 g/mol. The van der Waals surface area contributed by atoms with Crippen molar-refractivity contribution in [1.29, 1.82) is 0 Å². The van der Waals surface area contributed by atoms with Gasteiger partial charge in [0.15, 0.2) is 17.6 Å². The minimum Gasteiger partial charge on any atom is -0.504 e. The monoisotopic (exact) mass is 207 g/mol. The van der Waals surface area contributed by atoms with Gasteiger partial charge < -0.3 is 20.4 Å². The Bertz CT molecular complexity index is 517. The number of fused-ring (bicyclic) bond motifs is 1. The van der Waals surface area contributed by atoms with Crippen molar-refractivity contribution in [2.24, 2.45) is 5.73 Å². The van der Waals surface area contributed by atoms with Gasteiger partial charge in [-0.15, -0.1) is 0 Å². The van der Waals surface area contributed by atoms with Crippen LogP contribution in [-0.2, 0) is 4.79 Å². The zero-order valence-corrected chi connectivity index (χ0v) is 7.68. The summed E-state index contributed by atoms with van der Waals surface area (Å²) >= 11 is 0. The van der Waals surface area contributed by atoms with E-state index in [1.165, 1.54) is 0 Å². The Kier molecular flexibility index (Phi) is 2.09. The quantitative estimate of drug-likeness (QED) is 0.688. The summed E-state index contributed by atoms with van der Waals surface area (Å²) in [4.78, 5) is 10.6. The number of carboxylic acid groups (broad SMARTS) is 1. The van der Waals surface area contributed by atoms with Crippen molar-refractivity contribution in [1.82, 2.24) is 0 Å². The number of para-hydroxylation sites is 1. The van der Waals surface area contributed by atoms with Gasteiger partial charge in [0, 0.05) is 0 Å². The van der Waals surface area contributed by atoms with Gasteiger partial charge in [-0.05, 0) is 12.1 Å². The summed E-state index contributed by atoms with van der Waals surface area (Å²) in [5.74, 6) is -1.58. The number of nitrogens with two attached hydrogens (primary N) is 1. The van der Waals surface area contributed by atoms with E-state index in [4.69, 9.17) is 15.3 Å². The van der Waals surface area contributed by atoms with E-state index >= 15 is 0 Å². The molecule has 0 saturated carbocycles. The standard InChI is InChI=1S/C10H9NO4/c11-7(10(13)14)9-8(12)5-3-1-2-4-6(5)15-9/h1-4,7,12H,11H2,(H,13,14). The van der Waals surface area contributed by atoms with E-state index in [0.717, 1.165) is 0 Å². The molecule has 0 radical (unpaired) electrons. The highest BCUT2D eigenvalue weighted by atomic mass is 16.4. The number of benzene rings is 1. The summed E-state index contributed by atoms with van der Waals surface area (Å²) in [7, 11) is 0. The predicted molar refractivity (Wildman–Crippen MR) is 52.4 cm³/mol. The number of rotatable bonds is 2. The van der Waals surface area contributed by atoms with Crippen LogP contribution in [0.15, 0.2) is 28.7 Å². The second-order valence-electron chi connectivity index (χ2n) is 3.13. The molecule has 2 aromatic rings. The van der Waals surface area contributed by atoms with Crippen LogP contribution in [-0.4, -0.2) is 16.2 Å². The minimum atomic E-state index is -1.35. The lowest BCUT2D eigenvalue weighted by molar-refractivity contribution is -0.139. The zero-order valence-electron chi connectivity index (χ0n) is 7.68. The predicted octanol–water partition coefficient (Wildman–Crippen LogP) is 1.22. The lowest BCUT2D eigenvalue weighted by Crippen LogP contribution is -2.19. The summed E-state index contributed by atoms with van der Waals surface area (Å²) < 4.78 is 5.17. The molecular formula is C10H9NO4. The van der Waals surface area contributed by atoms with Gasteiger partial charge in [0.25, 0.3) is 0 Å². The fourth-order valence-electron chi connectivity index (χ4n) is 1.37. The van der Waals surface area contributed by atoms with Crippen LogP contribution in [0.2, 0.25) is 0 Å². The van der Waals surface area contributed by atoms with Crippen LogP contribution in [0.1, 0.15) is 11.8 Å². The van der Waals surface area contributed by atoms with E-state index < -0.39 is 12.0 Å². The summed E-state index contributed by atoms with van der Waals surface area (Å²) in [6, 6.07) is 5.35. The minimum absolute atomic E-state index is 0.122. The number of hydrogen-bond acceptors (Lipinski definition) is 4. The molecule has 0 aliphatic heterocycles. The van der Waals surface area contributed by atoms with Crippen molar-refractivity contribution in [2.75, 3.05) is 0 Å². The van der Waals surface area contributed by atoms with E-state index in [1.54, 1.807) is 24.3 Å². The first kappa shape index (κ1) is 9.54. The first-order valence-corrected chi connectivity index (χ1v) is 4.30. The average Bonchev–Trinajstić information content (AvgIpc) is 2.56. The van der Waals surface area contributed by atoms with Crippen LogP contribution in [0.3, 0.4) is 0 Å². The van der Waals surface area contributed by atoms with Crippen LogP contribution < -0.4 is 5.73 Å². The van der Waals surface area contributed by atoms with Gasteiger partial charge in [-0.1, -0.05) is 12.1 Å². The molecule has 1 aromatic heterocycles. The molecule has 0 amide bonds. The van der Waals surface area contributed by atoms with Crippen molar-refractivity contribution in [2.45, 2.75) is 6.04 Å².